The summed E-state index contributed by atoms with van der Waals surface area (Å²) in [7, 11) is 0. The van der Waals surface area contributed by atoms with Crippen molar-refractivity contribution in [1.29, 1.82) is 0 Å². The quantitative estimate of drug-likeness (QED) is 0.811. The third-order valence-corrected chi connectivity index (χ3v) is 4.50. The van der Waals surface area contributed by atoms with Gasteiger partial charge >= 0.3 is 12.2 Å². The summed E-state index contributed by atoms with van der Waals surface area (Å²) in [4.78, 5) is 15.8. The van der Waals surface area contributed by atoms with Crippen LogP contribution in [-0.4, -0.2) is 53.4 Å². The molecule has 1 N–H and O–H groups in total. The standard InChI is InChI=1S/C18H22F3N5O/c19-18(20,21)15-4-1-5-16(14-15)24-10-12-25(13-11-24)17(27)22-6-2-8-26-9-3-7-23-26/h1,3-5,7,9,14H,2,6,8,10-13H2,(H,22,27). The molecule has 1 fully saturated rings. The van der Waals surface area contributed by atoms with Crippen LogP contribution in [0, 0.1) is 0 Å². The van der Waals surface area contributed by atoms with E-state index in [0.29, 0.717) is 38.4 Å². The lowest BCUT2D eigenvalue weighted by Crippen LogP contribution is -2.52. The predicted octanol–water partition coefficient (Wildman–Crippen LogP) is 2.82. The molecular formula is C18H22F3N5O. The molecule has 146 valence electrons. The van der Waals surface area contributed by atoms with Crippen LogP contribution in [0.2, 0.25) is 0 Å². The van der Waals surface area contributed by atoms with Gasteiger partial charge in [0, 0.05) is 57.3 Å². The Morgan fingerprint density at radius 1 is 1.15 bits per heavy atom. The Morgan fingerprint density at radius 3 is 2.59 bits per heavy atom. The Balaban J connectivity index is 1.43. The van der Waals surface area contributed by atoms with Gasteiger partial charge in [-0.3, -0.25) is 4.68 Å². The SMILES string of the molecule is O=C(NCCCn1cccn1)N1CCN(c2cccc(C(F)(F)F)c2)CC1. The number of benzene rings is 1. The number of hydrogen-bond acceptors (Lipinski definition) is 3. The number of aryl methyl sites for hydroxylation is 1. The number of piperazine rings is 1. The molecule has 1 aromatic carbocycles. The number of aromatic nitrogens is 2. The zero-order valence-corrected chi connectivity index (χ0v) is 14.8. The first-order valence-electron chi connectivity index (χ1n) is 8.86. The molecule has 0 bridgehead atoms. The smallest absolute Gasteiger partial charge is 0.368 e. The molecule has 1 saturated heterocycles. The van der Waals surface area contributed by atoms with E-state index in [0.717, 1.165) is 25.1 Å². The molecule has 1 aliphatic heterocycles. The van der Waals surface area contributed by atoms with Crippen molar-refractivity contribution >= 4 is 11.7 Å². The third kappa shape index (κ3) is 5.15. The van der Waals surface area contributed by atoms with Crippen LogP contribution < -0.4 is 10.2 Å². The topological polar surface area (TPSA) is 53.4 Å². The maximum absolute atomic E-state index is 12.9. The first kappa shape index (κ1) is 19.1. The fourth-order valence-electron chi connectivity index (χ4n) is 3.03. The lowest BCUT2D eigenvalue weighted by atomic mass is 10.1. The number of halogens is 3. The third-order valence-electron chi connectivity index (χ3n) is 4.50. The lowest BCUT2D eigenvalue weighted by molar-refractivity contribution is -0.137. The van der Waals surface area contributed by atoms with Crippen LogP contribution in [0.15, 0.2) is 42.7 Å². The highest BCUT2D eigenvalue weighted by Crippen LogP contribution is 2.31. The number of anilines is 1. The van der Waals surface area contributed by atoms with Gasteiger partial charge in [0.25, 0.3) is 0 Å². The molecule has 2 aromatic rings. The lowest BCUT2D eigenvalue weighted by Gasteiger charge is -2.36. The van der Waals surface area contributed by atoms with Crippen molar-refractivity contribution in [3.8, 4) is 0 Å². The summed E-state index contributed by atoms with van der Waals surface area (Å²) in [5.41, 5.74) is -0.124. The first-order valence-corrected chi connectivity index (χ1v) is 8.86. The van der Waals surface area contributed by atoms with E-state index in [1.165, 1.54) is 6.07 Å². The fraction of sp³-hybridized carbons (Fsp3) is 0.444. The van der Waals surface area contributed by atoms with Crippen molar-refractivity contribution in [2.75, 3.05) is 37.6 Å². The first-order chi connectivity index (χ1) is 12.9. The number of carbonyl (C=O) groups is 1. The van der Waals surface area contributed by atoms with E-state index < -0.39 is 11.7 Å². The number of rotatable bonds is 5. The zero-order chi connectivity index (χ0) is 19.3. The van der Waals surface area contributed by atoms with Crippen LogP contribution in [0.1, 0.15) is 12.0 Å². The number of carbonyl (C=O) groups excluding carboxylic acids is 1. The summed E-state index contributed by atoms with van der Waals surface area (Å²) in [6.45, 7) is 3.23. The van der Waals surface area contributed by atoms with Crippen LogP contribution in [0.4, 0.5) is 23.7 Å². The predicted molar refractivity (Wildman–Crippen MR) is 95.5 cm³/mol. The highest BCUT2D eigenvalue weighted by Gasteiger charge is 2.31. The van der Waals surface area contributed by atoms with Crippen LogP contribution in [0.25, 0.3) is 0 Å². The summed E-state index contributed by atoms with van der Waals surface area (Å²) < 4.78 is 40.4. The Labute approximate surface area is 155 Å². The minimum atomic E-state index is -4.35. The Bertz CT molecular complexity index is 740. The van der Waals surface area contributed by atoms with E-state index in [2.05, 4.69) is 10.4 Å². The van der Waals surface area contributed by atoms with E-state index in [1.807, 2.05) is 17.2 Å². The minimum Gasteiger partial charge on any atom is -0.368 e. The molecule has 3 rings (SSSR count). The van der Waals surface area contributed by atoms with Gasteiger partial charge in [0.2, 0.25) is 0 Å². The van der Waals surface area contributed by atoms with E-state index >= 15 is 0 Å². The molecule has 9 heteroatoms. The second-order valence-electron chi connectivity index (χ2n) is 6.38. The van der Waals surface area contributed by atoms with Crippen LogP contribution in [-0.2, 0) is 12.7 Å². The van der Waals surface area contributed by atoms with Crippen LogP contribution in [0.3, 0.4) is 0 Å². The van der Waals surface area contributed by atoms with Gasteiger partial charge in [-0.2, -0.15) is 18.3 Å². The number of alkyl halides is 3. The second kappa shape index (κ2) is 8.32. The molecule has 0 unspecified atom stereocenters. The molecule has 0 atom stereocenters. The molecule has 1 aliphatic rings. The van der Waals surface area contributed by atoms with E-state index in [9.17, 15) is 18.0 Å². The van der Waals surface area contributed by atoms with Gasteiger partial charge in [0.05, 0.1) is 5.56 Å². The summed E-state index contributed by atoms with van der Waals surface area (Å²) in [6, 6.07) is 7.01. The number of nitrogens with one attached hydrogen (secondary N) is 1. The molecule has 2 amide bonds. The molecule has 2 heterocycles. The monoisotopic (exact) mass is 381 g/mol. The fourth-order valence-corrected chi connectivity index (χ4v) is 3.03. The number of hydrogen-bond donors (Lipinski definition) is 1. The van der Waals surface area contributed by atoms with Gasteiger partial charge in [0.15, 0.2) is 0 Å². The summed E-state index contributed by atoms with van der Waals surface area (Å²) in [5, 5.41) is 6.98. The average Bonchev–Trinajstić information content (AvgIpc) is 3.18. The van der Waals surface area contributed by atoms with Crippen LogP contribution >= 0.6 is 0 Å². The summed E-state index contributed by atoms with van der Waals surface area (Å²) >= 11 is 0. The van der Waals surface area contributed by atoms with Gasteiger partial charge in [-0.15, -0.1) is 0 Å². The summed E-state index contributed by atoms with van der Waals surface area (Å²) in [6.07, 6.45) is 0.00278. The van der Waals surface area contributed by atoms with Crippen molar-refractivity contribution in [3.05, 3.63) is 48.3 Å². The zero-order valence-electron chi connectivity index (χ0n) is 14.8. The average molecular weight is 381 g/mol. The molecule has 27 heavy (non-hydrogen) atoms. The van der Waals surface area contributed by atoms with Crippen molar-refractivity contribution in [3.63, 3.8) is 0 Å². The number of urea groups is 1. The van der Waals surface area contributed by atoms with Crippen molar-refractivity contribution in [1.82, 2.24) is 20.0 Å². The molecule has 6 nitrogen and oxygen atoms in total. The van der Waals surface area contributed by atoms with Crippen molar-refractivity contribution in [2.45, 2.75) is 19.1 Å². The molecule has 0 aliphatic carbocycles. The Morgan fingerprint density at radius 2 is 1.93 bits per heavy atom. The van der Waals surface area contributed by atoms with E-state index in [4.69, 9.17) is 0 Å². The molecule has 0 spiro atoms. The maximum Gasteiger partial charge on any atom is 0.416 e. The number of nitrogens with zero attached hydrogens (tertiary/aromatic N) is 4. The molecule has 0 radical (unpaired) electrons. The molecular weight excluding hydrogens is 359 g/mol. The van der Waals surface area contributed by atoms with Gasteiger partial charge < -0.3 is 15.1 Å². The van der Waals surface area contributed by atoms with Gasteiger partial charge in [-0.1, -0.05) is 6.07 Å². The summed E-state index contributed by atoms with van der Waals surface area (Å²) in [5.74, 6) is 0. The maximum atomic E-state index is 12.9. The van der Waals surface area contributed by atoms with Crippen molar-refractivity contribution < 1.29 is 18.0 Å². The van der Waals surface area contributed by atoms with Gasteiger partial charge in [0.1, 0.15) is 0 Å². The highest BCUT2D eigenvalue weighted by molar-refractivity contribution is 5.74. The van der Waals surface area contributed by atoms with Gasteiger partial charge in [-0.25, -0.2) is 4.79 Å². The highest BCUT2D eigenvalue weighted by atomic mass is 19.4. The normalized spacial score (nSPS) is 15.1. The minimum absolute atomic E-state index is 0.140. The Hall–Kier alpha value is -2.71. The van der Waals surface area contributed by atoms with Gasteiger partial charge in [-0.05, 0) is 30.7 Å². The molecule has 1 aromatic heterocycles. The van der Waals surface area contributed by atoms with E-state index in [1.54, 1.807) is 21.8 Å². The Kier molecular flexibility index (Phi) is 5.88. The van der Waals surface area contributed by atoms with Crippen molar-refractivity contribution in [2.24, 2.45) is 0 Å². The second-order valence-corrected chi connectivity index (χ2v) is 6.38. The largest absolute Gasteiger partial charge is 0.416 e. The molecule has 0 saturated carbocycles. The van der Waals surface area contributed by atoms with Crippen LogP contribution in [0.5, 0.6) is 0 Å². The van der Waals surface area contributed by atoms with E-state index in [-0.39, 0.29) is 6.03 Å². The number of amides is 2.